The van der Waals surface area contributed by atoms with Crippen LogP contribution >= 0.6 is 11.6 Å². The molecule has 5 heteroatoms. The topological polar surface area (TPSA) is 37.4 Å². The molecule has 1 rings (SSSR count). The molecule has 0 heterocycles. The third kappa shape index (κ3) is 4.26. The number of aryl methyl sites for hydroxylation is 1. The van der Waals surface area contributed by atoms with Crippen LogP contribution in [0.15, 0.2) is 24.3 Å². The standard InChI is InChI=1S/C13H20ClNO2S/c1-11(8-14)10-18(16,17)15(3)9-13-7-5-4-6-12(13)2/h4-7,11H,8-10H2,1-3H3. The lowest BCUT2D eigenvalue weighted by Crippen LogP contribution is -2.31. The molecule has 3 nitrogen and oxygen atoms in total. The van der Waals surface area contributed by atoms with Crippen molar-refractivity contribution >= 4 is 21.6 Å². The van der Waals surface area contributed by atoms with Gasteiger partial charge in [-0.3, -0.25) is 0 Å². The minimum Gasteiger partial charge on any atom is -0.212 e. The van der Waals surface area contributed by atoms with Gasteiger partial charge in [-0.05, 0) is 24.0 Å². The Labute approximate surface area is 115 Å². The van der Waals surface area contributed by atoms with E-state index >= 15 is 0 Å². The van der Waals surface area contributed by atoms with E-state index in [9.17, 15) is 8.42 Å². The molecular weight excluding hydrogens is 270 g/mol. The summed E-state index contributed by atoms with van der Waals surface area (Å²) in [5, 5.41) is 0. The van der Waals surface area contributed by atoms with E-state index in [1.165, 1.54) is 4.31 Å². The summed E-state index contributed by atoms with van der Waals surface area (Å²) < 4.78 is 25.6. The maximum absolute atomic E-state index is 12.1. The number of alkyl halides is 1. The first-order chi connectivity index (χ1) is 8.36. The Morgan fingerprint density at radius 1 is 1.33 bits per heavy atom. The van der Waals surface area contributed by atoms with Crippen molar-refractivity contribution in [2.45, 2.75) is 20.4 Å². The van der Waals surface area contributed by atoms with Gasteiger partial charge in [-0.15, -0.1) is 11.6 Å². The summed E-state index contributed by atoms with van der Waals surface area (Å²) in [6.07, 6.45) is 0. The van der Waals surface area contributed by atoms with Gasteiger partial charge < -0.3 is 0 Å². The van der Waals surface area contributed by atoms with Crippen LogP contribution < -0.4 is 0 Å². The second-order valence-electron chi connectivity index (χ2n) is 4.72. The average molecular weight is 290 g/mol. The van der Waals surface area contributed by atoms with Gasteiger partial charge in [-0.2, -0.15) is 0 Å². The molecular formula is C13H20ClNO2S. The first-order valence-electron chi connectivity index (χ1n) is 5.91. The third-order valence-corrected chi connectivity index (χ3v) is 5.48. The maximum atomic E-state index is 12.1. The van der Waals surface area contributed by atoms with Gasteiger partial charge in [-0.1, -0.05) is 31.2 Å². The Bertz CT molecular complexity index is 488. The van der Waals surface area contributed by atoms with Crippen LogP contribution in [0.5, 0.6) is 0 Å². The highest BCUT2D eigenvalue weighted by Gasteiger charge is 2.21. The summed E-state index contributed by atoms with van der Waals surface area (Å²) in [7, 11) is -1.62. The van der Waals surface area contributed by atoms with Crippen LogP contribution in [0.4, 0.5) is 0 Å². The van der Waals surface area contributed by atoms with Crippen LogP contribution in [0, 0.1) is 12.8 Å². The SMILES string of the molecule is Cc1ccccc1CN(C)S(=O)(=O)CC(C)CCl. The molecule has 0 N–H and O–H groups in total. The van der Waals surface area contributed by atoms with Gasteiger partial charge in [0.2, 0.25) is 10.0 Å². The molecule has 0 aromatic heterocycles. The van der Waals surface area contributed by atoms with Crippen LogP contribution in [0.2, 0.25) is 0 Å². The maximum Gasteiger partial charge on any atom is 0.214 e. The smallest absolute Gasteiger partial charge is 0.212 e. The minimum absolute atomic E-state index is 0.0315. The highest BCUT2D eigenvalue weighted by atomic mass is 35.5. The van der Waals surface area contributed by atoms with E-state index in [2.05, 4.69) is 0 Å². The fourth-order valence-corrected chi connectivity index (χ4v) is 3.32. The van der Waals surface area contributed by atoms with Gasteiger partial charge in [-0.25, -0.2) is 12.7 Å². The van der Waals surface area contributed by atoms with Crippen molar-refractivity contribution in [2.24, 2.45) is 5.92 Å². The van der Waals surface area contributed by atoms with E-state index in [4.69, 9.17) is 11.6 Å². The predicted octanol–water partition coefficient (Wildman–Crippen LogP) is 2.63. The highest BCUT2D eigenvalue weighted by Crippen LogP contribution is 2.14. The molecule has 0 saturated carbocycles. The van der Waals surface area contributed by atoms with Crippen molar-refractivity contribution in [3.8, 4) is 0 Å². The number of hydrogen-bond donors (Lipinski definition) is 0. The van der Waals surface area contributed by atoms with Crippen LogP contribution in [0.3, 0.4) is 0 Å². The van der Waals surface area contributed by atoms with E-state index in [1.54, 1.807) is 7.05 Å². The van der Waals surface area contributed by atoms with E-state index < -0.39 is 10.0 Å². The molecule has 0 fully saturated rings. The van der Waals surface area contributed by atoms with Gasteiger partial charge >= 0.3 is 0 Å². The molecule has 0 saturated heterocycles. The van der Waals surface area contributed by atoms with Gasteiger partial charge in [0, 0.05) is 19.5 Å². The van der Waals surface area contributed by atoms with Gasteiger partial charge in [0.1, 0.15) is 0 Å². The zero-order chi connectivity index (χ0) is 13.8. The van der Waals surface area contributed by atoms with E-state index in [-0.39, 0.29) is 11.7 Å². The molecule has 1 atom stereocenters. The fourth-order valence-electron chi connectivity index (χ4n) is 1.66. The largest absolute Gasteiger partial charge is 0.214 e. The van der Waals surface area contributed by atoms with Crippen molar-refractivity contribution < 1.29 is 8.42 Å². The van der Waals surface area contributed by atoms with Crippen molar-refractivity contribution in [2.75, 3.05) is 18.7 Å². The average Bonchev–Trinajstić information content (AvgIpc) is 2.31. The van der Waals surface area contributed by atoms with E-state index in [0.717, 1.165) is 11.1 Å². The summed E-state index contributed by atoms with van der Waals surface area (Å²) in [5.41, 5.74) is 2.13. The summed E-state index contributed by atoms with van der Waals surface area (Å²) in [4.78, 5) is 0. The lowest BCUT2D eigenvalue weighted by molar-refractivity contribution is 0.459. The molecule has 1 unspecified atom stereocenters. The molecule has 0 aliphatic carbocycles. The van der Waals surface area contributed by atoms with Crippen molar-refractivity contribution in [3.63, 3.8) is 0 Å². The normalized spacial score (nSPS) is 13.8. The summed E-state index contributed by atoms with van der Waals surface area (Å²) in [6.45, 7) is 4.23. The summed E-state index contributed by atoms with van der Waals surface area (Å²) in [5.74, 6) is 0.423. The Morgan fingerprint density at radius 3 is 2.50 bits per heavy atom. The quantitative estimate of drug-likeness (QED) is 0.755. The summed E-state index contributed by atoms with van der Waals surface area (Å²) >= 11 is 5.67. The first-order valence-corrected chi connectivity index (χ1v) is 8.05. The Hall–Kier alpha value is -0.580. The number of nitrogens with zero attached hydrogens (tertiary/aromatic N) is 1. The Balaban J connectivity index is 2.76. The first kappa shape index (κ1) is 15.5. The number of sulfonamides is 1. The Kier molecular flexibility index (Phi) is 5.63. The van der Waals surface area contributed by atoms with Crippen molar-refractivity contribution in [1.29, 1.82) is 0 Å². The molecule has 1 aromatic carbocycles. The predicted molar refractivity (Wildman–Crippen MR) is 76.3 cm³/mol. The van der Waals surface area contributed by atoms with Crippen molar-refractivity contribution in [1.82, 2.24) is 4.31 Å². The number of benzene rings is 1. The summed E-state index contributed by atoms with van der Waals surface area (Å²) in [6, 6.07) is 7.80. The second kappa shape index (κ2) is 6.55. The zero-order valence-electron chi connectivity index (χ0n) is 11.1. The molecule has 0 bridgehead atoms. The molecule has 0 aliphatic rings. The third-order valence-electron chi connectivity index (χ3n) is 2.89. The minimum atomic E-state index is -3.24. The van der Waals surface area contributed by atoms with Gasteiger partial charge in [0.05, 0.1) is 5.75 Å². The lowest BCUT2D eigenvalue weighted by Gasteiger charge is -2.20. The van der Waals surface area contributed by atoms with Crippen LogP contribution in [0.25, 0.3) is 0 Å². The zero-order valence-corrected chi connectivity index (χ0v) is 12.6. The lowest BCUT2D eigenvalue weighted by atomic mass is 10.1. The van der Waals surface area contributed by atoms with Crippen LogP contribution in [-0.2, 0) is 16.6 Å². The number of rotatable bonds is 6. The van der Waals surface area contributed by atoms with Crippen LogP contribution in [0.1, 0.15) is 18.1 Å². The van der Waals surface area contributed by atoms with Crippen molar-refractivity contribution in [3.05, 3.63) is 35.4 Å². The molecule has 0 aliphatic heterocycles. The van der Waals surface area contributed by atoms with Crippen LogP contribution in [-0.4, -0.2) is 31.4 Å². The number of halogens is 1. The van der Waals surface area contributed by atoms with Gasteiger partial charge in [0.25, 0.3) is 0 Å². The van der Waals surface area contributed by atoms with E-state index in [0.29, 0.717) is 12.4 Å². The number of hydrogen-bond acceptors (Lipinski definition) is 2. The monoisotopic (exact) mass is 289 g/mol. The fraction of sp³-hybridized carbons (Fsp3) is 0.538. The Morgan fingerprint density at radius 2 is 1.94 bits per heavy atom. The second-order valence-corrected chi connectivity index (χ2v) is 7.15. The highest BCUT2D eigenvalue weighted by molar-refractivity contribution is 7.89. The molecule has 102 valence electrons. The van der Waals surface area contributed by atoms with E-state index in [1.807, 2.05) is 38.1 Å². The van der Waals surface area contributed by atoms with Gasteiger partial charge in [0.15, 0.2) is 0 Å². The molecule has 0 amide bonds. The molecule has 0 radical (unpaired) electrons. The molecule has 1 aromatic rings. The molecule has 18 heavy (non-hydrogen) atoms. The molecule has 0 spiro atoms.